The third kappa shape index (κ3) is 2.50. The lowest BCUT2D eigenvalue weighted by Crippen LogP contribution is -2.23. The van der Waals surface area contributed by atoms with E-state index in [1.807, 2.05) is 0 Å². The Morgan fingerprint density at radius 1 is 1.28 bits per heavy atom. The molecule has 1 unspecified atom stereocenters. The normalized spacial score (nSPS) is 20.7. The molecule has 0 radical (unpaired) electrons. The maximum Gasteiger partial charge on any atom is 0.242 e. The Balaban J connectivity index is 2.21. The number of aliphatic hydroxyl groups excluding tert-OH is 1. The van der Waals surface area contributed by atoms with Crippen LogP contribution >= 0.6 is 0 Å². The first kappa shape index (κ1) is 13.3. The highest BCUT2D eigenvalue weighted by Gasteiger charge is 2.21. The van der Waals surface area contributed by atoms with Gasteiger partial charge >= 0.3 is 0 Å². The van der Waals surface area contributed by atoms with Crippen LogP contribution in [0.1, 0.15) is 6.42 Å². The molecule has 6 heteroatoms. The van der Waals surface area contributed by atoms with Crippen LogP contribution in [-0.2, 0) is 10.0 Å². The molecule has 1 aliphatic heterocycles. The molecule has 0 aromatic heterocycles. The summed E-state index contributed by atoms with van der Waals surface area (Å²) in [6, 6.07) is 6.79. The third-order valence-corrected chi connectivity index (χ3v) is 4.97. The lowest BCUT2D eigenvalue weighted by atomic mass is 10.3. The van der Waals surface area contributed by atoms with Gasteiger partial charge in [0.15, 0.2) is 0 Å². The van der Waals surface area contributed by atoms with Crippen molar-refractivity contribution in [2.24, 2.45) is 0 Å². The van der Waals surface area contributed by atoms with Crippen molar-refractivity contribution in [1.29, 1.82) is 0 Å². The van der Waals surface area contributed by atoms with Crippen molar-refractivity contribution in [3.63, 3.8) is 0 Å². The summed E-state index contributed by atoms with van der Waals surface area (Å²) in [5, 5.41) is 9.47. The average Bonchev–Trinajstić information content (AvgIpc) is 2.76. The van der Waals surface area contributed by atoms with Crippen molar-refractivity contribution in [2.75, 3.05) is 32.1 Å². The zero-order valence-electron chi connectivity index (χ0n) is 10.6. The molecule has 0 saturated carbocycles. The van der Waals surface area contributed by atoms with Crippen LogP contribution < -0.4 is 4.90 Å². The summed E-state index contributed by atoms with van der Waals surface area (Å²) < 4.78 is 25.0. The van der Waals surface area contributed by atoms with E-state index in [1.54, 1.807) is 24.3 Å². The number of hydrogen-bond donors (Lipinski definition) is 1. The third-order valence-electron chi connectivity index (χ3n) is 3.14. The van der Waals surface area contributed by atoms with E-state index >= 15 is 0 Å². The van der Waals surface area contributed by atoms with E-state index in [1.165, 1.54) is 18.4 Å². The summed E-state index contributed by atoms with van der Waals surface area (Å²) in [6.07, 6.45) is 0.479. The molecule has 2 rings (SSSR count). The van der Waals surface area contributed by atoms with Crippen molar-refractivity contribution < 1.29 is 13.5 Å². The Labute approximate surface area is 108 Å². The molecule has 1 aliphatic rings. The zero-order chi connectivity index (χ0) is 13.3. The Bertz CT molecular complexity index is 511. The quantitative estimate of drug-likeness (QED) is 0.869. The van der Waals surface area contributed by atoms with Crippen LogP contribution in [0.4, 0.5) is 5.69 Å². The molecule has 18 heavy (non-hydrogen) atoms. The van der Waals surface area contributed by atoms with Crippen molar-refractivity contribution >= 4 is 15.7 Å². The van der Waals surface area contributed by atoms with E-state index in [9.17, 15) is 13.5 Å². The highest BCUT2D eigenvalue weighted by Crippen LogP contribution is 2.23. The molecule has 0 amide bonds. The van der Waals surface area contributed by atoms with Crippen LogP contribution in [0, 0.1) is 0 Å². The molecule has 0 spiro atoms. The number of rotatable bonds is 3. The smallest absolute Gasteiger partial charge is 0.242 e. The highest BCUT2D eigenvalue weighted by molar-refractivity contribution is 7.89. The standard InChI is InChI=1S/C12H18N2O3S/c1-13(2)18(16,17)12-5-3-10(4-6-12)14-8-7-11(15)9-14/h3-6,11,15H,7-9H2,1-2H3. The van der Waals surface area contributed by atoms with Gasteiger partial charge in [-0.05, 0) is 30.7 Å². The van der Waals surface area contributed by atoms with Crippen LogP contribution in [-0.4, -0.2) is 51.1 Å². The minimum atomic E-state index is -3.36. The summed E-state index contributed by atoms with van der Waals surface area (Å²) in [5.74, 6) is 0. The Kier molecular flexibility index (Phi) is 3.61. The number of anilines is 1. The number of β-amino-alcohol motifs (C(OH)–C–C–N with tert-alkyl or cyclic N) is 1. The maximum absolute atomic E-state index is 11.9. The largest absolute Gasteiger partial charge is 0.391 e. The number of benzene rings is 1. The predicted octanol–water partition coefficient (Wildman–Crippen LogP) is 0.508. The van der Waals surface area contributed by atoms with E-state index in [4.69, 9.17) is 0 Å². The van der Waals surface area contributed by atoms with Crippen LogP contribution in [0.2, 0.25) is 0 Å². The minimum Gasteiger partial charge on any atom is -0.391 e. The Hall–Kier alpha value is -1.11. The highest BCUT2D eigenvalue weighted by atomic mass is 32.2. The van der Waals surface area contributed by atoms with E-state index in [2.05, 4.69) is 4.90 Å². The topological polar surface area (TPSA) is 60.9 Å². The van der Waals surface area contributed by atoms with Crippen LogP contribution in [0.15, 0.2) is 29.2 Å². The molecule has 5 nitrogen and oxygen atoms in total. The molecule has 1 aromatic carbocycles. The lowest BCUT2D eigenvalue weighted by molar-refractivity contribution is 0.198. The van der Waals surface area contributed by atoms with Gasteiger partial charge in [0.05, 0.1) is 11.0 Å². The fourth-order valence-corrected chi connectivity index (χ4v) is 2.92. The van der Waals surface area contributed by atoms with E-state index in [0.717, 1.165) is 18.7 Å². The van der Waals surface area contributed by atoms with Crippen molar-refractivity contribution in [3.8, 4) is 0 Å². The summed E-state index contributed by atoms with van der Waals surface area (Å²) in [4.78, 5) is 2.34. The van der Waals surface area contributed by atoms with Gasteiger partial charge in [-0.2, -0.15) is 0 Å². The van der Waals surface area contributed by atoms with Gasteiger partial charge in [-0.15, -0.1) is 0 Å². The van der Waals surface area contributed by atoms with E-state index in [-0.39, 0.29) is 11.0 Å². The fourth-order valence-electron chi connectivity index (χ4n) is 2.02. The first-order valence-electron chi connectivity index (χ1n) is 5.87. The van der Waals surface area contributed by atoms with E-state index in [0.29, 0.717) is 6.54 Å². The Morgan fingerprint density at radius 3 is 2.33 bits per heavy atom. The molecular formula is C12H18N2O3S. The zero-order valence-corrected chi connectivity index (χ0v) is 11.4. The molecule has 1 atom stereocenters. The van der Waals surface area contributed by atoms with Gasteiger partial charge in [0.25, 0.3) is 0 Å². The van der Waals surface area contributed by atoms with E-state index < -0.39 is 10.0 Å². The van der Waals surface area contributed by atoms with Gasteiger partial charge in [-0.3, -0.25) is 0 Å². The average molecular weight is 270 g/mol. The van der Waals surface area contributed by atoms with Gasteiger partial charge in [0, 0.05) is 32.9 Å². The molecule has 1 aromatic rings. The number of hydrogen-bond acceptors (Lipinski definition) is 4. The second kappa shape index (κ2) is 4.87. The second-order valence-electron chi connectivity index (χ2n) is 4.67. The summed E-state index contributed by atoms with van der Waals surface area (Å²) in [6.45, 7) is 1.42. The van der Waals surface area contributed by atoms with Gasteiger partial charge in [-0.1, -0.05) is 0 Å². The molecule has 1 heterocycles. The first-order valence-corrected chi connectivity index (χ1v) is 7.31. The van der Waals surface area contributed by atoms with Crippen LogP contribution in [0.3, 0.4) is 0 Å². The number of nitrogens with zero attached hydrogens (tertiary/aromatic N) is 2. The van der Waals surface area contributed by atoms with Gasteiger partial charge in [0.2, 0.25) is 10.0 Å². The van der Waals surface area contributed by atoms with Gasteiger partial charge in [0.1, 0.15) is 0 Å². The van der Waals surface area contributed by atoms with Crippen molar-refractivity contribution in [1.82, 2.24) is 4.31 Å². The van der Waals surface area contributed by atoms with Crippen molar-refractivity contribution in [2.45, 2.75) is 17.4 Å². The molecule has 1 saturated heterocycles. The summed E-state index contributed by atoms with van der Waals surface area (Å²) in [5.41, 5.74) is 0.948. The summed E-state index contributed by atoms with van der Waals surface area (Å²) in [7, 11) is -0.335. The molecule has 1 N–H and O–H groups in total. The summed E-state index contributed by atoms with van der Waals surface area (Å²) >= 11 is 0. The molecule has 1 fully saturated rings. The van der Waals surface area contributed by atoms with Crippen LogP contribution in [0.25, 0.3) is 0 Å². The SMILES string of the molecule is CN(C)S(=O)(=O)c1ccc(N2CCC(O)C2)cc1. The molecule has 0 aliphatic carbocycles. The molecule has 100 valence electrons. The van der Waals surface area contributed by atoms with Crippen LogP contribution in [0.5, 0.6) is 0 Å². The second-order valence-corrected chi connectivity index (χ2v) is 6.82. The maximum atomic E-state index is 11.9. The lowest BCUT2D eigenvalue weighted by Gasteiger charge is -2.18. The fraction of sp³-hybridized carbons (Fsp3) is 0.500. The van der Waals surface area contributed by atoms with Gasteiger partial charge in [-0.25, -0.2) is 12.7 Å². The first-order chi connectivity index (χ1) is 8.41. The monoisotopic (exact) mass is 270 g/mol. The number of aliphatic hydroxyl groups is 1. The molecular weight excluding hydrogens is 252 g/mol. The predicted molar refractivity (Wildman–Crippen MR) is 70.2 cm³/mol. The van der Waals surface area contributed by atoms with Crippen molar-refractivity contribution in [3.05, 3.63) is 24.3 Å². The number of sulfonamides is 1. The Morgan fingerprint density at radius 2 is 1.89 bits per heavy atom. The molecule has 0 bridgehead atoms. The minimum absolute atomic E-state index is 0.282. The van der Waals surface area contributed by atoms with Gasteiger partial charge < -0.3 is 10.0 Å².